The second-order valence-electron chi connectivity index (χ2n) is 23.5. The van der Waals surface area contributed by atoms with Crippen LogP contribution in [0.4, 0.5) is 38.0 Å². The van der Waals surface area contributed by atoms with E-state index < -0.39 is 48.9 Å². The van der Waals surface area contributed by atoms with E-state index >= 15 is 0 Å². The molecule has 4 aliphatic carbocycles. The third-order valence-corrected chi connectivity index (χ3v) is 18.0. The minimum atomic E-state index is -5.01. The Morgan fingerprint density at radius 2 is 1.22 bits per heavy atom. The number of ether oxygens (including phenoxy) is 2. The number of hydrogen-bond donors (Lipinski definition) is 8. The van der Waals surface area contributed by atoms with Crippen LogP contribution in [0.2, 0.25) is 0 Å². The summed E-state index contributed by atoms with van der Waals surface area (Å²) in [5, 5.41) is 46.8. The number of fused-ring (bicyclic) bond motifs is 4. The van der Waals surface area contributed by atoms with Gasteiger partial charge in [0.25, 0.3) is 0 Å². The highest BCUT2D eigenvalue weighted by molar-refractivity contribution is 5.95. The molecule has 8 aromatic rings. The van der Waals surface area contributed by atoms with Crippen LogP contribution >= 0.6 is 0 Å². The van der Waals surface area contributed by atoms with E-state index in [0.29, 0.717) is 107 Å². The predicted molar refractivity (Wildman–Crippen MR) is 291 cm³/mol. The average molecular weight is 1150 g/mol. The van der Waals surface area contributed by atoms with E-state index in [4.69, 9.17) is 21.4 Å². The fraction of sp³-hybridized carbons (Fsp3) is 0.536. The summed E-state index contributed by atoms with van der Waals surface area (Å²) in [4.78, 5) is 38.3. The summed E-state index contributed by atoms with van der Waals surface area (Å²) in [6.45, 7) is 5.36. The molecular weight excluding hydrogens is 1080 g/mol. The number of hydrogen-bond acceptors (Lipinski definition) is 16. The smallest absolute Gasteiger partial charge is 0.406 e. The highest BCUT2D eigenvalue weighted by Gasteiger charge is 2.47. The number of benzene rings is 2. The standard InChI is InChI=1S/C56H66F6N14O6/c1-26(2)76(24-30-19-41(48(79)47(30)78)74-12-10-35-50(63)65-25-66-53(35)74)32-16-28(17-32)5-9-44-69-40-22-34(82-56(60,61)62)20-37(45(40)70-44)52-71-51(64)36-11-13-75(54(36)72-52)42-18-29(46(77)49(42)80)23-73(3)31-14-27(15-31)4-8-43-67-38-7-6-33(21-39(38)68-43)81-55(57,58)59/h6-7,10-13,20-22,25-32,41-42,46-49,77-80H,4-5,8-9,14-19,23-24H2,1-3H3,(H,67,68)(H,69,70)(H2,63,65,66)(H2,64,71,72)/t27-,28?,29-,30-,31-,32?,41-,42-,46-,47-,48+,49+/m1/s1. The molecule has 6 aromatic heterocycles. The Morgan fingerprint density at radius 3 is 1.87 bits per heavy atom. The summed E-state index contributed by atoms with van der Waals surface area (Å²) in [5.41, 5.74) is 15.4. The third-order valence-electron chi connectivity index (χ3n) is 18.0. The van der Waals surface area contributed by atoms with E-state index in [1.54, 1.807) is 16.8 Å². The minimum Gasteiger partial charge on any atom is -0.406 e. The molecule has 4 saturated carbocycles. The van der Waals surface area contributed by atoms with Crippen LogP contribution in [0.3, 0.4) is 0 Å². The summed E-state index contributed by atoms with van der Waals surface area (Å²) in [7, 11) is 2.00. The number of aromatic nitrogens is 10. The van der Waals surface area contributed by atoms with Gasteiger partial charge in [0.2, 0.25) is 0 Å². The summed E-state index contributed by atoms with van der Waals surface area (Å²) in [5.74, 6) is 1.04. The molecule has 438 valence electrons. The van der Waals surface area contributed by atoms with Gasteiger partial charge in [0.1, 0.15) is 64.6 Å². The highest BCUT2D eigenvalue weighted by atomic mass is 19.4. The van der Waals surface area contributed by atoms with Gasteiger partial charge < -0.3 is 65.4 Å². The SMILES string of the molecule is CC(C)N(C[C@H]1C[C@@H](n2ccc3c(N)ncnc32)[C@H](O)[C@@H]1O)C1CC(CCc2nc3cc(OC(F)(F)F)cc(-c4nc(N)c5ccn([C@@H]6C[C@H](CN(C)[C@H]7C[C@H](CCc8nc9cc(OC(F)(F)F)ccc9[nH]8)C7)[C@@H](O)[C@H]6O)c5n4)c3[nH]2)C1. The number of alkyl halides is 6. The lowest BCUT2D eigenvalue weighted by Crippen LogP contribution is -2.51. The van der Waals surface area contributed by atoms with Crippen LogP contribution in [0, 0.1) is 23.7 Å². The van der Waals surface area contributed by atoms with Crippen molar-refractivity contribution < 1.29 is 56.2 Å². The minimum absolute atomic E-state index is 0.00818. The predicted octanol–water partition coefficient (Wildman–Crippen LogP) is 7.59. The molecule has 0 bridgehead atoms. The number of rotatable bonds is 18. The quantitative estimate of drug-likeness (QED) is 0.0384. The summed E-state index contributed by atoms with van der Waals surface area (Å²) in [6, 6.07) is 9.64. The van der Waals surface area contributed by atoms with Gasteiger partial charge in [-0.3, -0.25) is 4.90 Å². The summed E-state index contributed by atoms with van der Waals surface area (Å²) < 4.78 is 91.8. The molecule has 0 unspecified atom stereocenters. The molecule has 0 saturated heterocycles. The summed E-state index contributed by atoms with van der Waals surface area (Å²) in [6.07, 6.45) is -1.79. The zero-order valence-corrected chi connectivity index (χ0v) is 45.3. The molecule has 4 aliphatic rings. The first kappa shape index (κ1) is 55.7. The fourth-order valence-corrected chi connectivity index (χ4v) is 13.6. The van der Waals surface area contributed by atoms with Gasteiger partial charge in [0.05, 0.1) is 57.1 Å². The molecule has 10 N–H and O–H groups in total. The second-order valence-corrected chi connectivity index (χ2v) is 23.5. The molecule has 8 atom stereocenters. The van der Waals surface area contributed by atoms with Gasteiger partial charge in [-0.05, 0) is 114 Å². The number of aryl methyl sites for hydroxylation is 2. The number of aromatic amines is 2. The Kier molecular flexibility index (Phi) is 14.5. The van der Waals surface area contributed by atoms with Crippen molar-refractivity contribution in [3.63, 3.8) is 0 Å². The molecule has 2 aromatic carbocycles. The maximum Gasteiger partial charge on any atom is 0.573 e. The van der Waals surface area contributed by atoms with E-state index in [1.165, 1.54) is 36.7 Å². The van der Waals surface area contributed by atoms with Crippen LogP contribution in [0.5, 0.6) is 11.5 Å². The number of H-pyrrole nitrogens is 2. The largest absolute Gasteiger partial charge is 0.573 e. The second kappa shape index (κ2) is 21.4. The number of nitrogen functional groups attached to an aromatic ring is 2. The number of anilines is 2. The molecule has 26 heteroatoms. The normalized spacial score (nSPS) is 27.0. The lowest BCUT2D eigenvalue weighted by molar-refractivity contribution is -0.275. The monoisotopic (exact) mass is 1140 g/mol. The van der Waals surface area contributed by atoms with Crippen molar-refractivity contribution in [1.82, 2.24) is 58.8 Å². The molecule has 4 fully saturated rings. The molecule has 0 radical (unpaired) electrons. The van der Waals surface area contributed by atoms with Gasteiger partial charge in [-0.1, -0.05) is 0 Å². The van der Waals surface area contributed by atoms with Crippen molar-refractivity contribution in [2.24, 2.45) is 23.7 Å². The van der Waals surface area contributed by atoms with E-state index in [-0.39, 0.29) is 64.5 Å². The maximum absolute atomic E-state index is 13.8. The van der Waals surface area contributed by atoms with Gasteiger partial charge in [0, 0.05) is 86.0 Å². The van der Waals surface area contributed by atoms with E-state index in [1.807, 2.05) is 23.9 Å². The fourth-order valence-electron chi connectivity index (χ4n) is 13.6. The van der Waals surface area contributed by atoms with Gasteiger partial charge in [-0.25, -0.2) is 29.9 Å². The van der Waals surface area contributed by atoms with Gasteiger partial charge in [-0.2, -0.15) is 0 Å². The third kappa shape index (κ3) is 11.0. The molecule has 0 aliphatic heterocycles. The number of aliphatic hydroxyl groups is 4. The molecule has 0 spiro atoms. The van der Waals surface area contributed by atoms with E-state index in [2.05, 4.69) is 63.0 Å². The molecule has 12 rings (SSSR count). The highest BCUT2D eigenvalue weighted by Crippen LogP contribution is 2.44. The first-order chi connectivity index (χ1) is 39.0. The van der Waals surface area contributed by atoms with Crippen LogP contribution in [-0.2, 0) is 12.8 Å². The number of aliphatic hydroxyl groups excluding tert-OH is 4. The van der Waals surface area contributed by atoms with Crippen LogP contribution in [0.15, 0.2) is 61.2 Å². The van der Waals surface area contributed by atoms with Crippen molar-refractivity contribution in [3.8, 4) is 22.9 Å². The van der Waals surface area contributed by atoms with E-state index in [9.17, 15) is 46.8 Å². The Bertz CT molecular complexity index is 3610. The maximum atomic E-state index is 13.8. The number of halogens is 6. The number of nitrogens with one attached hydrogen (secondary N) is 2. The van der Waals surface area contributed by atoms with Crippen molar-refractivity contribution in [1.29, 1.82) is 0 Å². The van der Waals surface area contributed by atoms with Gasteiger partial charge in [-0.15, -0.1) is 26.3 Å². The van der Waals surface area contributed by atoms with E-state index in [0.717, 1.165) is 38.5 Å². The molecular formula is C56H66F6N14O6. The van der Waals surface area contributed by atoms with Crippen LogP contribution in [-0.4, -0.2) is 155 Å². The number of imidazole rings is 2. The Hall–Kier alpha value is -6.84. The molecule has 0 amide bonds. The van der Waals surface area contributed by atoms with Gasteiger partial charge >= 0.3 is 12.7 Å². The lowest BCUT2D eigenvalue weighted by atomic mass is 9.76. The zero-order chi connectivity index (χ0) is 57.7. The Balaban J connectivity index is 0.689. The van der Waals surface area contributed by atoms with Crippen molar-refractivity contribution >= 4 is 55.8 Å². The van der Waals surface area contributed by atoms with Crippen molar-refractivity contribution in [2.75, 3.05) is 31.6 Å². The van der Waals surface area contributed by atoms with Crippen LogP contribution in [0.25, 0.3) is 55.5 Å². The molecule has 20 nitrogen and oxygen atoms in total. The lowest BCUT2D eigenvalue weighted by Gasteiger charge is -2.46. The first-order valence-electron chi connectivity index (χ1n) is 27.9. The molecule has 6 heterocycles. The first-order valence-corrected chi connectivity index (χ1v) is 27.9. The van der Waals surface area contributed by atoms with Crippen molar-refractivity contribution in [3.05, 3.63) is 72.8 Å². The van der Waals surface area contributed by atoms with Crippen LogP contribution in [0.1, 0.15) is 88.9 Å². The zero-order valence-electron chi connectivity index (χ0n) is 45.3. The van der Waals surface area contributed by atoms with Gasteiger partial charge in [0.15, 0.2) is 5.82 Å². The Morgan fingerprint density at radius 1 is 0.646 bits per heavy atom. The van der Waals surface area contributed by atoms with Crippen LogP contribution < -0.4 is 20.9 Å². The molecule has 82 heavy (non-hydrogen) atoms. The summed E-state index contributed by atoms with van der Waals surface area (Å²) >= 11 is 0. The average Bonchev–Trinajstić information content (AvgIpc) is 4.34. The van der Waals surface area contributed by atoms with Crippen molar-refractivity contribution in [2.45, 2.75) is 145 Å². The topological polar surface area (TPSA) is 277 Å². The number of nitrogens with two attached hydrogens (primary N) is 2. The Labute approximate surface area is 465 Å². The number of nitrogens with zero attached hydrogens (tertiary/aromatic N) is 10.